The van der Waals surface area contributed by atoms with Gasteiger partial charge < -0.3 is 0 Å². The van der Waals surface area contributed by atoms with Crippen LogP contribution in [-0.4, -0.2) is 15.9 Å². The molecule has 0 saturated heterocycles. The normalized spacial score (nSPS) is 10.8. The van der Waals surface area contributed by atoms with E-state index in [1.807, 2.05) is 35.7 Å². The Balaban J connectivity index is 1.66. The third kappa shape index (κ3) is 4.25. The van der Waals surface area contributed by atoms with Gasteiger partial charge in [-0.05, 0) is 35.9 Å². The molecule has 1 aromatic carbocycles. The topological polar surface area (TPSA) is 54.9 Å². The molecule has 2 aromatic heterocycles. The van der Waals surface area contributed by atoms with Gasteiger partial charge in [0, 0.05) is 22.7 Å². The zero-order valence-corrected chi connectivity index (χ0v) is 13.5. The van der Waals surface area contributed by atoms with E-state index in [4.69, 9.17) is 11.6 Å². The van der Waals surface area contributed by atoms with Gasteiger partial charge in [0.15, 0.2) is 5.13 Å². The fraction of sp³-hybridized carbons (Fsp3) is 0. The number of pyridine rings is 1. The standard InChI is InChI=1S/C17H12ClN3OS/c18-13-5-3-4-12(10-13)7-8-16(22)21-17-20-15(11-23-17)14-6-1-2-9-19-14/h1-11H,(H,20,21,22)/b8-7+. The van der Waals surface area contributed by atoms with E-state index in [9.17, 15) is 4.79 Å². The summed E-state index contributed by atoms with van der Waals surface area (Å²) in [5.41, 5.74) is 2.38. The van der Waals surface area contributed by atoms with Gasteiger partial charge in [-0.15, -0.1) is 11.3 Å². The van der Waals surface area contributed by atoms with E-state index in [0.29, 0.717) is 10.2 Å². The number of amides is 1. The van der Waals surface area contributed by atoms with Crippen molar-refractivity contribution in [1.82, 2.24) is 9.97 Å². The molecule has 0 fully saturated rings. The molecule has 0 aliphatic rings. The van der Waals surface area contributed by atoms with Gasteiger partial charge in [0.2, 0.25) is 5.91 Å². The van der Waals surface area contributed by atoms with Crippen LogP contribution in [0.4, 0.5) is 5.13 Å². The van der Waals surface area contributed by atoms with Gasteiger partial charge in [-0.2, -0.15) is 0 Å². The van der Waals surface area contributed by atoms with Gasteiger partial charge in [-0.3, -0.25) is 15.1 Å². The summed E-state index contributed by atoms with van der Waals surface area (Å²) in [4.78, 5) is 20.5. The Labute approximate surface area is 142 Å². The van der Waals surface area contributed by atoms with Gasteiger partial charge in [-0.25, -0.2) is 4.98 Å². The Morgan fingerprint density at radius 3 is 2.87 bits per heavy atom. The number of thiazole rings is 1. The molecule has 114 valence electrons. The maximum atomic E-state index is 11.9. The van der Waals surface area contributed by atoms with Crippen LogP contribution >= 0.6 is 22.9 Å². The lowest BCUT2D eigenvalue weighted by Crippen LogP contribution is -2.07. The van der Waals surface area contributed by atoms with Crippen LogP contribution in [0.2, 0.25) is 5.02 Å². The zero-order chi connectivity index (χ0) is 16.1. The highest BCUT2D eigenvalue weighted by Gasteiger charge is 2.06. The molecule has 6 heteroatoms. The first-order valence-corrected chi connectivity index (χ1v) is 8.08. The van der Waals surface area contributed by atoms with E-state index in [-0.39, 0.29) is 5.91 Å². The second-order valence-corrected chi connectivity index (χ2v) is 5.93. The monoisotopic (exact) mass is 341 g/mol. The number of aromatic nitrogens is 2. The molecule has 0 aliphatic carbocycles. The van der Waals surface area contributed by atoms with Crippen LogP contribution in [-0.2, 0) is 4.79 Å². The van der Waals surface area contributed by atoms with Gasteiger partial charge >= 0.3 is 0 Å². The summed E-state index contributed by atoms with van der Waals surface area (Å²) in [5, 5.41) is 5.76. The SMILES string of the molecule is O=C(/C=C/c1cccc(Cl)c1)Nc1nc(-c2ccccn2)cs1. The van der Waals surface area contributed by atoms with Crippen LogP contribution in [0.15, 0.2) is 60.1 Å². The zero-order valence-electron chi connectivity index (χ0n) is 11.9. The van der Waals surface area contributed by atoms with Gasteiger partial charge in [0.25, 0.3) is 0 Å². The highest BCUT2D eigenvalue weighted by molar-refractivity contribution is 7.14. The molecule has 1 N–H and O–H groups in total. The second kappa shape index (κ2) is 7.17. The third-order valence-corrected chi connectivity index (χ3v) is 3.93. The Bertz CT molecular complexity index is 846. The Hall–Kier alpha value is -2.50. The van der Waals surface area contributed by atoms with Crippen molar-refractivity contribution in [2.24, 2.45) is 0 Å². The molecular weight excluding hydrogens is 330 g/mol. The van der Waals surface area contributed by atoms with E-state index < -0.39 is 0 Å². The smallest absolute Gasteiger partial charge is 0.250 e. The first-order valence-electron chi connectivity index (χ1n) is 6.82. The quantitative estimate of drug-likeness (QED) is 0.710. The van der Waals surface area contributed by atoms with Crippen LogP contribution in [0.3, 0.4) is 0 Å². The predicted molar refractivity (Wildman–Crippen MR) is 94.5 cm³/mol. The number of anilines is 1. The number of hydrogen-bond donors (Lipinski definition) is 1. The highest BCUT2D eigenvalue weighted by atomic mass is 35.5. The van der Waals surface area contributed by atoms with Crippen molar-refractivity contribution in [3.63, 3.8) is 0 Å². The molecule has 4 nitrogen and oxygen atoms in total. The van der Waals surface area contributed by atoms with Crippen LogP contribution in [0, 0.1) is 0 Å². The molecular formula is C17H12ClN3OS. The maximum Gasteiger partial charge on any atom is 0.250 e. The van der Waals surface area contributed by atoms with E-state index in [2.05, 4.69) is 15.3 Å². The average Bonchev–Trinajstić information content (AvgIpc) is 3.02. The van der Waals surface area contributed by atoms with E-state index in [1.165, 1.54) is 17.4 Å². The lowest BCUT2D eigenvalue weighted by Gasteiger charge is -1.97. The number of halogens is 1. The Kier molecular flexibility index (Phi) is 4.80. The number of nitrogens with zero attached hydrogens (tertiary/aromatic N) is 2. The summed E-state index contributed by atoms with van der Waals surface area (Å²) in [6.07, 6.45) is 4.86. The molecule has 3 rings (SSSR count). The molecule has 0 saturated carbocycles. The maximum absolute atomic E-state index is 11.9. The van der Waals surface area contributed by atoms with Crippen LogP contribution in [0.25, 0.3) is 17.5 Å². The number of carbonyl (C=O) groups is 1. The molecule has 0 spiro atoms. The first kappa shape index (κ1) is 15.4. The van der Waals surface area contributed by atoms with Crippen LogP contribution in [0.5, 0.6) is 0 Å². The number of hydrogen-bond acceptors (Lipinski definition) is 4. The molecule has 2 heterocycles. The van der Waals surface area contributed by atoms with Gasteiger partial charge in [-0.1, -0.05) is 29.8 Å². The molecule has 0 bridgehead atoms. The van der Waals surface area contributed by atoms with Crippen molar-refractivity contribution in [2.75, 3.05) is 5.32 Å². The largest absolute Gasteiger partial charge is 0.298 e. The fourth-order valence-corrected chi connectivity index (χ4v) is 2.80. The lowest BCUT2D eigenvalue weighted by molar-refractivity contribution is -0.111. The summed E-state index contributed by atoms with van der Waals surface area (Å²) >= 11 is 7.26. The van der Waals surface area contributed by atoms with Crippen molar-refractivity contribution in [3.05, 3.63) is 70.7 Å². The summed E-state index contributed by atoms with van der Waals surface area (Å²) in [6.45, 7) is 0. The van der Waals surface area contributed by atoms with Crippen LogP contribution in [0.1, 0.15) is 5.56 Å². The number of benzene rings is 1. The molecule has 23 heavy (non-hydrogen) atoms. The average molecular weight is 342 g/mol. The number of rotatable bonds is 4. The number of nitrogens with one attached hydrogen (secondary N) is 1. The van der Waals surface area contributed by atoms with Crippen molar-refractivity contribution in [2.45, 2.75) is 0 Å². The van der Waals surface area contributed by atoms with E-state index in [0.717, 1.165) is 17.0 Å². The lowest BCUT2D eigenvalue weighted by atomic mass is 10.2. The van der Waals surface area contributed by atoms with Gasteiger partial charge in [0.05, 0.1) is 5.69 Å². The second-order valence-electron chi connectivity index (χ2n) is 4.63. The summed E-state index contributed by atoms with van der Waals surface area (Å²) in [6, 6.07) is 12.9. The number of carbonyl (C=O) groups excluding carboxylic acids is 1. The minimum absolute atomic E-state index is 0.244. The van der Waals surface area contributed by atoms with Crippen molar-refractivity contribution < 1.29 is 4.79 Å². The highest BCUT2D eigenvalue weighted by Crippen LogP contribution is 2.23. The minimum Gasteiger partial charge on any atom is -0.298 e. The van der Waals surface area contributed by atoms with Crippen LogP contribution < -0.4 is 5.32 Å². The Morgan fingerprint density at radius 2 is 2.09 bits per heavy atom. The molecule has 1 amide bonds. The third-order valence-electron chi connectivity index (χ3n) is 2.94. The van der Waals surface area contributed by atoms with E-state index in [1.54, 1.807) is 24.4 Å². The first-order chi connectivity index (χ1) is 11.2. The van der Waals surface area contributed by atoms with Crippen molar-refractivity contribution in [3.8, 4) is 11.4 Å². The van der Waals surface area contributed by atoms with Crippen molar-refractivity contribution in [1.29, 1.82) is 0 Å². The molecule has 0 radical (unpaired) electrons. The van der Waals surface area contributed by atoms with E-state index >= 15 is 0 Å². The summed E-state index contributed by atoms with van der Waals surface area (Å²) < 4.78 is 0. The fourth-order valence-electron chi connectivity index (χ4n) is 1.89. The molecule has 0 atom stereocenters. The molecule has 3 aromatic rings. The van der Waals surface area contributed by atoms with Gasteiger partial charge in [0.1, 0.15) is 5.69 Å². The summed E-state index contributed by atoms with van der Waals surface area (Å²) in [7, 11) is 0. The summed E-state index contributed by atoms with van der Waals surface area (Å²) in [5.74, 6) is -0.244. The predicted octanol–water partition coefficient (Wildman–Crippen LogP) is 4.51. The molecule has 0 unspecified atom stereocenters. The van der Waals surface area contributed by atoms with Crippen molar-refractivity contribution >= 4 is 40.1 Å². The minimum atomic E-state index is -0.244. The Morgan fingerprint density at radius 1 is 1.17 bits per heavy atom. The molecule has 0 aliphatic heterocycles.